The minimum absolute atomic E-state index is 1.06. The van der Waals surface area contributed by atoms with E-state index in [1.165, 1.54) is 109 Å². The van der Waals surface area contributed by atoms with Gasteiger partial charge in [-0.2, -0.15) is 0 Å². The molecule has 0 N–H and O–H groups in total. The van der Waals surface area contributed by atoms with Crippen molar-refractivity contribution in [3.63, 3.8) is 0 Å². The molecule has 0 aliphatic carbocycles. The van der Waals surface area contributed by atoms with Gasteiger partial charge in [0.25, 0.3) is 0 Å². The minimum Gasteiger partial charge on any atom is -0.308 e. The van der Waals surface area contributed by atoms with Gasteiger partial charge in [-0.25, -0.2) is 0 Å². The molecule has 0 aliphatic heterocycles. The third-order valence-corrected chi connectivity index (χ3v) is 11.3. The molecular formula is C49H28N2. The average Bonchev–Trinajstić information content (AvgIpc) is 3.52. The molecule has 2 heterocycles. The average molecular weight is 645 g/mol. The fraction of sp³-hybridized carbons (Fsp3) is 0. The molecule has 2 heteroatoms. The van der Waals surface area contributed by atoms with Crippen LogP contribution in [0.3, 0.4) is 0 Å². The standard InChI is InChI=1S/C49H28N2/c1-4-29-9-11-33-13-19-38(40-21-15-31(6-1)46(29)48(33)40)35-17-23-44-42(26-35)43-27-36(18-24-45(43)51(44)37-8-3-25-50-28-37)39-20-14-34-12-10-30-5-2-7-32-16-22-41(39)49(34)47(30)32/h1-28H. The molecule has 51 heavy (non-hydrogen) atoms. The van der Waals surface area contributed by atoms with Crippen LogP contribution in [0.25, 0.3) is 114 Å². The summed E-state index contributed by atoms with van der Waals surface area (Å²) >= 11 is 0. The highest BCUT2D eigenvalue weighted by molar-refractivity contribution is 6.27. The predicted molar refractivity (Wildman–Crippen MR) is 217 cm³/mol. The smallest absolute Gasteiger partial charge is 0.0645 e. The fourth-order valence-electron chi connectivity index (χ4n) is 9.10. The van der Waals surface area contributed by atoms with Gasteiger partial charge >= 0.3 is 0 Å². The first-order valence-electron chi connectivity index (χ1n) is 17.6. The van der Waals surface area contributed by atoms with Crippen LogP contribution in [-0.4, -0.2) is 9.55 Å². The SMILES string of the molecule is c1cncc(-n2c3ccc(-c4ccc5ccc6cccc7ccc4c5c67)cc3c3cc(-c4ccc5ccc6cccc7ccc4c5c67)ccc32)c1. The van der Waals surface area contributed by atoms with E-state index in [1.807, 2.05) is 18.5 Å². The van der Waals surface area contributed by atoms with E-state index in [0.717, 1.165) is 5.69 Å². The largest absolute Gasteiger partial charge is 0.308 e. The van der Waals surface area contributed by atoms with Crippen LogP contribution in [0.5, 0.6) is 0 Å². The zero-order valence-electron chi connectivity index (χ0n) is 27.6. The lowest BCUT2D eigenvalue weighted by Crippen LogP contribution is -1.94. The molecule has 0 aliphatic rings. The summed E-state index contributed by atoms with van der Waals surface area (Å²) in [6.45, 7) is 0. The van der Waals surface area contributed by atoms with Gasteiger partial charge in [0.15, 0.2) is 0 Å². The van der Waals surface area contributed by atoms with Gasteiger partial charge in [-0.3, -0.25) is 4.98 Å². The van der Waals surface area contributed by atoms with Crippen LogP contribution in [0, 0.1) is 0 Å². The van der Waals surface area contributed by atoms with Crippen LogP contribution in [0.2, 0.25) is 0 Å². The maximum Gasteiger partial charge on any atom is 0.0645 e. The lowest BCUT2D eigenvalue weighted by atomic mass is 9.89. The molecule has 12 rings (SSSR count). The monoisotopic (exact) mass is 644 g/mol. The molecule has 0 saturated carbocycles. The van der Waals surface area contributed by atoms with Gasteiger partial charge in [0.2, 0.25) is 0 Å². The topological polar surface area (TPSA) is 17.8 Å². The van der Waals surface area contributed by atoms with E-state index < -0.39 is 0 Å². The summed E-state index contributed by atoms with van der Waals surface area (Å²) in [5.41, 5.74) is 8.36. The van der Waals surface area contributed by atoms with E-state index in [-0.39, 0.29) is 0 Å². The molecule has 10 aromatic carbocycles. The van der Waals surface area contributed by atoms with Crippen LogP contribution in [0.1, 0.15) is 0 Å². The summed E-state index contributed by atoms with van der Waals surface area (Å²) in [4.78, 5) is 4.51. The van der Waals surface area contributed by atoms with Crippen molar-refractivity contribution in [1.29, 1.82) is 0 Å². The number of rotatable bonds is 3. The van der Waals surface area contributed by atoms with Gasteiger partial charge in [0.1, 0.15) is 0 Å². The van der Waals surface area contributed by atoms with Crippen molar-refractivity contribution in [3.05, 3.63) is 170 Å². The van der Waals surface area contributed by atoms with E-state index in [0.29, 0.717) is 0 Å². The molecule has 234 valence electrons. The van der Waals surface area contributed by atoms with Gasteiger partial charge in [-0.05, 0) is 123 Å². The first-order chi connectivity index (χ1) is 25.3. The Kier molecular flexibility index (Phi) is 5.26. The van der Waals surface area contributed by atoms with E-state index >= 15 is 0 Å². The number of hydrogen-bond acceptors (Lipinski definition) is 1. The molecule has 0 unspecified atom stereocenters. The van der Waals surface area contributed by atoms with Crippen LogP contribution in [0.4, 0.5) is 0 Å². The van der Waals surface area contributed by atoms with Crippen molar-refractivity contribution < 1.29 is 0 Å². The molecular weight excluding hydrogens is 617 g/mol. The number of benzene rings is 10. The minimum atomic E-state index is 1.06. The Bertz CT molecular complexity index is 3110. The summed E-state index contributed by atoms with van der Waals surface area (Å²) in [6.07, 6.45) is 3.80. The van der Waals surface area contributed by atoms with Crippen LogP contribution in [-0.2, 0) is 0 Å². The third kappa shape index (κ3) is 3.68. The highest BCUT2D eigenvalue weighted by Gasteiger charge is 2.18. The van der Waals surface area contributed by atoms with Gasteiger partial charge in [0.05, 0.1) is 22.9 Å². The van der Waals surface area contributed by atoms with Crippen molar-refractivity contribution in [2.75, 3.05) is 0 Å². The highest BCUT2D eigenvalue weighted by atomic mass is 15.0. The first-order valence-corrected chi connectivity index (χ1v) is 17.6. The molecule has 12 aromatic rings. The Morgan fingerprint density at radius 3 is 1.27 bits per heavy atom. The molecule has 0 fully saturated rings. The molecule has 0 atom stereocenters. The van der Waals surface area contributed by atoms with Gasteiger partial charge in [0, 0.05) is 17.0 Å². The summed E-state index contributed by atoms with van der Waals surface area (Å²) in [6, 6.07) is 58.8. The number of aromatic nitrogens is 2. The van der Waals surface area contributed by atoms with Crippen molar-refractivity contribution >= 4 is 86.4 Å². The first kappa shape index (κ1) is 27.1. The van der Waals surface area contributed by atoms with Crippen LogP contribution in [0.15, 0.2) is 170 Å². The van der Waals surface area contributed by atoms with Gasteiger partial charge < -0.3 is 4.57 Å². The Hall–Kier alpha value is -6.77. The molecule has 2 aromatic heterocycles. The summed E-state index contributed by atoms with van der Waals surface area (Å²) < 4.78 is 2.36. The Morgan fingerprint density at radius 2 is 0.804 bits per heavy atom. The zero-order valence-corrected chi connectivity index (χ0v) is 27.6. The van der Waals surface area contributed by atoms with Crippen molar-refractivity contribution in [2.24, 2.45) is 0 Å². The molecule has 2 nitrogen and oxygen atoms in total. The Balaban J connectivity index is 1.13. The molecule has 0 amide bonds. The van der Waals surface area contributed by atoms with E-state index in [9.17, 15) is 0 Å². The van der Waals surface area contributed by atoms with Crippen molar-refractivity contribution in [3.8, 4) is 27.9 Å². The Morgan fingerprint density at radius 1 is 0.353 bits per heavy atom. The second kappa shape index (κ2) is 9.90. The summed E-state index contributed by atoms with van der Waals surface area (Å²) in [5.74, 6) is 0. The maximum absolute atomic E-state index is 4.51. The highest BCUT2D eigenvalue weighted by Crippen LogP contribution is 2.44. The molecule has 0 spiro atoms. The van der Waals surface area contributed by atoms with Crippen LogP contribution < -0.4 is 0 Å². The maximum atomic E-state index is 4.51. The number of fused-ring (bicyclic) bond motifs is 3. The molecule has 0 radical (unpaired) electrons. The number of hydrogen-bond donors (Lipinski definition) is 0. The summed E-state index contributed by atoms with van der Waals surface area (Å²) in [7, 11) is 0. The molecule has 0 bridgehead atoms. The Labute approximate surface area is 293 Å². The van der Waals surface area contributed by atoms with E-state index in [1.54, 1.807) is 0 Å². The number of nitrogens with zero attached hydrogens (tertiary/aromatic N) is 2. The normalized spacial score (nSPS) is 12.3. The van der Waals surface area contributed by atoms with Crippen LogP contribution >= 0.6 is 0 Å². The van der Waals surface area contributed by atoms with Crippen molar-refractivity contribution in [2.45, 2.75) is 0 Å². The second-order valence-electron chi connectivity index (χ2n) is 13.9. The van der Waals surface area contributed by atoms with E-state index in [2.05, 4.69) is 161 Å². The molecule has 0 saturated heterocycles. The van der Waals surface area contributed by atoms with E-state index in [4.69, 9.17) is 0 Å². The second-order valence-corrected chi connectivity index (χ2v) is 13.9. The lowest BCUT2D eigenvalue weighted by Gasteiger charge is -2.14. The quantitative estimate of drug-likeness (QED) is 0.175. The summed E-state index contributed by atoms with van der Waals surface area (Å²) in [5, 5.41) is 18.2. The van der Waals surface area contributed by atoms with Crippen molar-refractivity contribution in [1.82, 2.24) is 9.55 Å². The number of pyridine rings is 1. The van der Waals surface area contributed by atoms with Gasteiger partial charge in [-0.15, -0.1) is 0 Å². The third-order valence-electron chi connectivity index (χ3n) is 11.3. The fourth-order valence-corrected chi connectivity index (χ4v) is 9.10. The predicted octanol–water partition coefficient (Wildman–Crippen LogP) is 13.3. The zero-order chi connectivity index (χ0) is 33.2. The lowest BCUT2D eigenvalue weighted by molar-refractivity contribution is 1.14. The van der Waals surface area contributed by atoms with Gasteiger partial charge in [-0.1, -0.05) is 121 Å².